The fourth-order valence-electron chi connectivity index (χ4n) is 2.62. The van der Waals surface area contributed by atoms with E-state index >= 15 is 0 Å². The fourth-order valence-corrected chi connectivity index (χ4v) is 4.33. The number of nitrogens with one attached hydrogen (secondary N) is 1. The molecule has 0 aliphatic heterocycles. The van der Waals surface area contributed by atoms with E-state index in [0.717, 1.165) is 25.7 Å². The first kappa shape index (κ1) is 14.8. The molecule has 2 rings (SSSR count). The zero-order chi connectivity index (χ0) is 14.0. The van der Waals surface area contributed by atoms with Crippen LogP contribution in [-0.2, 0) is 17.1 Å². The van der Waals surface area contributed by atoms with Crippen LogP contribution in [-0.4, -0.2) is 24.0 Å². The maximum absolute atomic E-state index is 12.3. The molecule has 1 heterocycles. The van der Waals surface area contributed by atoms with E-state index in [9.17, 15) is 8.42 Å². The monoisotopic (exact) mass is 305 g/mol. The lowest BCUT2D eigenvalue weighted by Gasteiger charge is -2.28. The van der Waals surface area contributed by atoms with Crippen LogP contribution in [0.15, 0.2) is 11.4 Å². The number of nitrogens with zero attached hydrogens (tertiary/aromatic N) is 2. The Kier molecular flexibility index (Phi) is 4.53. The van der Waals surface area contributed by atoms with E-state index in [0.29, 0.717) is 5.92 Å². The molecule has 0 amide bonds. The van der Waals surface area contributed by atoms with Crippen LogP contribution in [0.5, 0.6) is 0 Å². The minimum atomic E-state index is -3.62. The van der Waals surface area contributed by atoms with Crippen molar-refractivity contribution in [2.75, 3.05) is 0 Å². The highest BCUT2D eigenvalue weighted by Gasteiger charge is 2.28. The Morgan fingerprint density at radius 2 is 2.26 bits per heavy atom. The highest BCUT2D eigenvalue weighted by atomic mass is 35.5. The number of hydrogen-bond acceptors (Lipinski definition) is 3. The molecule has 1 N–H and O–H groups in total. The summed E-state index contributed by atoms with van der Waals surface area (Å²) in [6.07, 6.45) is 6.57. The quantitative estimate of drug-likeness (QED) is 0.928. The molecule has 19 heavy (non-hydrogen) atoms. The minimum absolute atomic E-state index is 0.00164. The van der Waals surface area contributed by atoms with E-state index in [1.54, 1.807) is 7.05 Å². The SMILES string of the molecule is CCC1CCCC(NS(=O)(=O)c2ncn(C)c2Cl)C1. The van der Waals surface area contributed by atoms with Crippen molar-refractivity contribution in [1.29, 1.82) is 0 Å². The molecule has 0 radical (unpaired) electrons. The molecular weight excluding hydrogens is 286 g/mol. The van der Waals surface area contributed by atoms with E-state index in [-0.39, 0.29) is 16.2 Å². The second-order valence-corrected chi connectivity index (χ2v) is 7.20. The fraction of sp³-hybridized carbons (Fsp3) is 0.750. The van der Waals surface area contributed by atoms with Gasteiger partial charge in [0.2, 0.25) is 5.03 Å². The van der Waals surface area contributed by atoms with E-state index < -0.39 is 10.0 Å². The summed E-state index contributed by atoms with van der Waals surface area (Å²) in [5.41, 5.74) is 0. The van der Waals surface area contributed by atoms with Gasteiger partial charge in [0, 0.05) is 13.1 Å². The Morgan fingerprint density at radius 1 is 1.53 bits per heavy atom. The number of halogens is 1. The third kappa shape index (κ3) is 3.30. The van der Waals surface area contributed by atoms with Gasteiger partial charge in [-0.15, -0.1) is 0 Å². The molecular formula is C12H20ClN3O2S. The van der Waals surface area contributed by atoms with Crippen LogP contribution in [0.2, 0.25) is 5.15 Å². The molecule has 0 aromatic carbocycles. The van der Waals surface area contributed by atoms with Crippen molar-refractivity contribution in [1.82, 2.24) is 14.3 Å². The van der Waals surface area contributed by atoms with Crippen molar-refractivity contribution in [3.63, 3.8) is 0 Å². The molecule has 0 spiro atoms. The van der Waals surface area contributed by atoms with Crippen molar-refractivity contribution in [2.45, 2.75) is 50.1 Å². The number of rotatable bonds is 4. The predicted octanol–water partition coefficient (Wildman–Crippen LogP) is 2.32. The lowest BCUT2D eigenvalue weighted by molar-refractivity contribution is 0.301. The van der Waals surface area contributed by atoms with Gasteiger partial charge in [0.25, 0.3) is 10.0 Å². The van der Waals surface area contributed by atoms with Gasteiger partial charge in [0.15, 0.2) is 0 Å². The molecule has 1 aromatic heterocycles. The summed E-state index contributed by atoms with van der Waals surface area (Å²) < 4.78 is 28.8. The van der Waals surface area contributed by atoms with Crippen LogP contribution >= 0.6 is 11.6 Å². The Hall–Kier alpha value is -0.590. The molecule has 1 aliphatic rings. The van der Waals surface area contributed by atoms with E-state index in [1.807, 2.05) is 0 Å². The Labute approximate surface area is 119 Å². The largest absolute Gasteiger partial charge is 0.324 e. The molecule has 0 bridgehead atoms. The molecule has 2 atom stereocenters. The summed E-state index contributed by atoms with van der Waals surface area (Å²) in [5, 5.41) is 0.0747. The van der Waals surface area contributed by atoms with E-state index in [1.165, 1.54) is 17.3 Å². The summed E-state index contributed by atoms with van der Waals surface area (Å²) in [7, 11) is -1.95. The Balaban J connectivity index is 2.11. The number of aryl methyl sites for hydroxylation is 1. The first-order valence-corrected chi connectivity index (χ1v) is 8.49. The lowest BCUT2D eigenvalue weighted by Crippen LogP contribution is -2.38. The van der Waals surface area contributed by atoms with Crippen LogP contribution < -0.4 is 4.72 Å². The van der Waals surface area contributed by atoms with Crippen molar-refractivity contribution >= 4 is 21.6 Å². The second kappa shape index (κ2) is 5.81. The molecule has 1 aliphatic carbocycles. The van der Waals surface area contributed by atoms with Gasteiger partial charge in [-0.25, -0.2) is 18.1 Å². The van der Waals surface area contributed by atoms with Crippen molar-refractivity contribution in [3.05, 3.63) is 11.5 Å². The van der Waals surface area contributed by atoms with Crippen LogP contribution in [0.3, 0.4) is 0 Å². The number of aromatic nitrogens is 2. The molecule has 1 aromatic rings. The number of hydrogen-bond donors (Lipinski definition) is 1. The zero-order valence-electron chi connectivity index (χ0n) is 11.3. The highest BCUT2D eigenvalue weighted by Crippen LogP contribution is 2.28. The Bertz CT molecular complexity index is 541. The highest BCUT2D eigenvalue weighted by molar-refractivity contribution is 7.89. The summed E-state index contributed by atoms with van der Waals surface area (Å²) in [6, 6.07) is 0.00164. The van der Waals surface area contributed by atoms with Gasteiger partial charge in [-0.3, -0.25) is 0 Å². The average Bonchev–Trinajstić information content (AvgIpc) is 2.70. The van der Waals surface area contributed by atoms with Gasteiger partial charge >= 0.3 is 0 Å². The normalized spacial score (nSPS) is 24.6. The van der Waals surface area contributed by atoms with Crippen LogP contribution in [0, 0.1) is 5.92 Å². The smallest absolute Gasteiger partial charge is 0.261 e. The first-order chi connectivity index (χ1) is 8.94. The van der Waals surface area contributed by atoms with Crippen LogP contribution in [0.25, 0.3) is 0 Å². The van der Waals surface area contributed by atoms with Gasteiger partial charge in [-0.2, -0.15) is 0 Å². The topological polar surface area (TPSA) is 64.0 Å². The summed E-state index contributed by atoms with van der Waals surface area (Å²) in [4.78, 5) is 3.87. The first-order valence-electron chi connectivity index (χ1n) is 6.63. The van der Waals surface area contributed by atoms with Gasteiger partial charge in [0.1, 0.15) is 5.15 Å². The second-order valence-electron chi connectivity index (χ2n) is 5.21. The minimum Gasteiger partial charge on any atom is -0.324 e. The molecule has 0 saturated heterocycles. The maximum Gasteiger partial charge on any atom is 0.261 e. The van der Waals surface area contributed by atoms with E-state index in [4.69, 9.17) is 11.6 Å². The molecule has 2 unspecified atom stereocenters. The third-order valence-corrected chi connectivity index (χ3v) is 5.78. The van der Waals surface area contributed by atoms with Gasteiger partial charge in [0.05, 0.1) is 6.33 Å². The Morgan fingerprint density at radius 3 is 2.84 bits per heavy atom. The van der Waals surface area contributed by atoms with Crippen molar-refractivity contribution < 1.29 is 8.42 Å². The van der Waals surface area contributed by atoms with Crippen LogP contribution in [0.4, 0.5) is 0 Å². The van der Waals surface area contributed by atoms with Gasteiger partial charge in [-0.1, -0.05) is 37.8 Å². The molecule has 1 fully saturated rings. The van der Waals surface area contributed by atoms with Gasteiger partial charge in [-0.05, 0) is 18.8 Å². The lowest BCUT2D eigenvalue weighted by atomic mass is 9.85. The van der Waals surface area contributed by atoms with Crippen molar-refractivity contribution in [3.8, 4) is 0 Å². The molecule has 5 nitrogen and oxygen atoms in total. The summed E-state index contributed by atoms with van der Waals surface area (Å²) >= 11 is 5.95. The number of sulfonamides is 1. The number of imidazole rings is 1. The summed E-state index contributed by atoms with van der Waals surface area (Å²) in [5.74, 6) is 0.612. The predicted molar refractivity (Wildman–Crippen MR) is 74.6 cm³/mol. The molecule has 1 saturated carbocycles. The standard InChI is InChI=1S/C12H20ClN3O2S/c1-3-9-5-4-6-10(7-9)15-19(17,18)12-11(13)16(2)8-14-12/h8-10,15H,3-7H2,1-2H3. The van der Waals surface area contributed by atoms with E-state index in [2.05, 4.69) is 16.6 Å². The third-order valence-electron chi connectivity index (χ3n) is 3.77. The molecule has 7 heteroatoms. The zero-order valence-corrected chi connectivity index (χ0v) is 12.8. The molecule has 108 valence electrons. The summed E-state index contributed by atoms with van der Waals surface area (Å²) in [6.45, 7) is 2.15. The van der Waals surface area contributed by atoms with Crippen LogP contribution in [0.1, 0.15) is 39.0 Å². The average molecular weight is 306 g/mol. The van der Waals surface area contributed by atoms with Gasteiger partial charge < -0.3 is 4.57 Å². The maximum atomic E-state index is 12.3. The van der Waals surface area contributed by atoms with Crippen molar-refractivity contribution in [2.24, 2.45) is 13.0 Å².